The van der Waals surface area contributed by atoms with Crippen molar-refractivity contribution in [1.82, 2.24) is 15.3 Å². The number of benzene rings is 1. The molecule has 5 heteroatoms. The number of aromatic nitrogens is 2. The van der Waals surface area contributed by atoms with Crippen molar-refractivity contribution in [2.75, 3.05) is 7.05 Å². The van der Waals surface area contributed by atoms with Crippen LogP contribution in [0.4, 0.5) is 0 Å². The van der Waals surface area contributed by atoms with Gasteiger partial charge in [0.05, 0.1) is 11.3 Å². The van der Waals surface area contributed by atoms with Gasteiger partial charge in [0.25, 0.3) is 5.91 Å². The molecule has 3 N–H and O–H groups in total. The zero-order chi connectivity index (χ0) is 16.4. The number of carbonyl (C=O) groups excluding carboxylic acids is 1. The maximum atomic E-state index is 12.6. The summed E-state index contributed by atoms with van der Waals surface area (Å²) in [4.78, 5) is 21.5. The van der Waals surface area contributed by atoms with Gasteiger partial charge in [-0.3, -0.25) is 4.79 Å². The lowest BCUT2D eigenvalue weighted by atomic mass is 9.93. The van der Waals surface area contributed by atoms with E-state index < -0.39 is 0 Å². The van der Waals surface area contributed by atoms with Crippen LogP contribution < -0.4 is 11.1 Å². The molecule has 1 unspecified atom stereocenters. The molecular weight excluding hydrogens is 288 g/mol. The van der Waals surface area contributed by atoms with Crippen LogP contribution in [-0.2, 0) is 0 Å². The SMILES string of the molecule is CNC(=O)c1c(-c2ccccc2)c(C(C)N)nc2ncccc12. The second kappa shape index (κ2) is 6.14. The number of nitrogens with zero attached hydrogens (tertiary/aromatic N) is 2. The summed E-state index contributed by atoms with van der Waals surface area (Å²) in [5.41, 5.74) is 9.56. The topological polar surface area (TPSA) is 80.9 Å². The Kier molecular flexibility index (Phi) is 4.04. The van der Waals surface area contributed by atoms with Crippen LogP contribution in [0.25, 0.3) is 22.2 Å². The summed E-state index contributed by atoms with van der Waals surface area (Å²) in [7, 11) is 1.62. The highest BCUT2D eigenvalue weighted by Gasteiger charge is 2.23. The van der Waals surface area contributed by atoms with E-state index in [2.05, 4.69) is 15.3 Å². The first-order valence-corrected chi connectivity index (χ1v) is 7.45. The fourth-order valence-electron chi connectivity index (χ4n) is 2.70. The highest BCUT2D eigenvalue weighted by Crippen LogP contribution is 2.33. The number of hydrogen-bond donors (Lipinski definition) is 2. The Morgan fingerprint density at radius 2 is 1.91 bits per heavy atom. The highest BCUT2D eigenvalue weighted by atomic mass is 16.1. The average Bonchev–Trinajstić information content (AvgIpc) is 2.60. The zero-order valence-corrected chi connectivity index (χ0v) is 13.1. The average molecular weight is 306 g/mol. The third-order valence-electron chi connectivity index (χ3n) is 3.74. The molecule has 0 bridgehead atoms. The van der Waals surface area contributed by atoms with E-state index in [1.165, 1.54) is 0 Å². The van der Waals surface area contributed by atoms with Crippen molar-refractivity contribution >= 4 is 16.9 Å². The summed E-state index contributed by atoms with van der Waals surface area (Å²) in [5.74, 6) is -0.175. The van der Waals surface area contributed by atoms with E-state index in [1.54, 1.807) is 19.3 Å². The molecule has 0 aliphatic heterocycles. The quantitative estimate of drug-likeness (QED) is 0.779. The molecule has 1 atom stereocenters. The maximum absolute atomic E-state index is 12.6. The van der Waals surface area contributed by atoms with Crippen LogP contribution in [0.1, 0.15) is 29.0 Å². The van der Waals surface area contributed by atoms with Crippen molar-refractivity contribution in [3.63, 3.8) is 0 Å². The van der Waals surface area contributed by atoms with Crippen LogP contribution in [0.2, 0.25) is 0 Å². The minimum atomic E-state index is -0.319. The fraction of sp³-hybridized carbons (Fsp3) is 0.167. The molecule has 116 valence electrons. The third-order valence-corrected chi connectivity index (χ3v) is 3.74. The molecule has 23 heavy (non-hydrogen) atoms. The predicted molar refractivity (Wildman–Crippen MR) is 91.0 cm³/mol. The summed E-state index contributed by atoms with van der Waals surface area (Å²) >= 11 is 0. The Labute approximate surface area is 134 Å². The summed E-state index contributed by atoms with van der Waals surface area (Å²) in [5, 5.41) is 3.43. The van der Waals surface area contributed by atoms with Gasteiger partial charge in [-0.1, -0.05) is 30.3 Å². The van der Waals surface area contributed by atoms with Gasteiger partial charge in [0.2, 0.25) is 0 Å². The van der Waals surface area contributed by atoms with Crippen molar-refractivity contribution in [3.8, 4) is 11.1 Å². The molecule has 2 aromatic heterocycles. The van der Waals surface area contributed by atoms with E-state index in [1.807, 2.05) is 43.3 Å². The van der Waals surface area contributed by atoms with E-state index in [0.717, 1.165) is 16.5 Å². The van der Waals surface area contributed by atoms with E-state index in [4.69, 9.17) is 5.73 Å². The second-order valence-corrected chi connectivity index (χ2v) is 5.36. The first kappa shape index (κ1) is 15.1. The molecule has 2 heterocycles. The van der Waals surface area contributed by atoms with Gasteiger partial charge in [0.15, 0.2) is 5.65 Å². The largest absolute Gasteiger partial charge is 0.355 e. The Balaban J connectivity index is 2.47. The van der Waals surface area contributed by atoms with Crippen LogP contribution in [0.15, 0.2) is 48.7 Å². The molecule has 0 saturated carbocycles. The fourth-order valence-corrected chi connectivity index (χ4v) is 2.70. The number of carbonyl (C=O) groups is 1. The smallest absolute Gasteiger partial charge is 0.252 e. The van der Waals surface area contributed by atoms with Gasteiger partial charge < -0.3 is 11.1 Å². The van der Waals surface area contributed by atoms with Gasteiger partial charge in [-0.2, -0.15) is 0 Å². The van der Waals surface area contributed by atoms with E-state index in [9.17, 15) is 4.79 Å². The van der Waals surface area contributed by atoms with Gasteiger partial charge in [-0.25, -0.2) is 9.97 Å². The van der Waals surface area contributed by atoms with Crippen LogP contribution in [0, 0.1) is 0 Å². The minimum absolute atomic E-state index is 0.175. The van der Waals surface area contributed by atoms with Gasteiger partial charge >= 0.3 is 0 Å². The van der Waals surface area contributed by atoms with Crippen molar-refractivity contribution in [3.05, 3.63) is 59.9 Å². The lowest BCUT2D eigenvalue weighted by Gasteiger charge is -2.18. The van der Waals surface area contributed by atoms with Crippen LogP contribution in [-0.4, -0.2) is 22.9 Å². The van der Waals surface area contributed by atoms with Crippen molar-refractivity contribution in [2.45, 2.75) is 13.0 Å². The number of rotatable bonds is 3. The summed E-state index contributed by atoms with van der Waals surface area (Å²) in [6, 6.07) is 13.1. The number of amides is 1. The molecule has 1 aromatic carbocycles. The van der Waals surface area contributed by atoms with Gasteiger partial charge in [0, 0.05) is 30.2 Å². The van der Waals surface area contributed by atoms with Gasteiger partial charge in [0.1, 0.15) is 0 Å². The molecule has 1 amide bonds. The monoisotopic (exact) mass is 306 g/mol. The first-order chi connectivity index (χ1) is 11.1. The van der Waals surface area contributed by atoms with Crippen molar-refractivity contribution < 1.29 is 4.79 Å². The third kappa shape index (κ3) is 2.66. The summed E-state index contributed by atoms with van der Waals surface area (Å²) in [6.45, 7) is 1.86. The molecule has 0 saturated heterocycles. The number of pyridine rings is 2. The Morgan fingerprint density at radius 1 is 1.17 bits per heavy atom. The number of fused-ring (bicyclic) bond motifs is 1. The molecule has 0 fully saturated rings. The van der Waals surface area contributed by atoms with Crippen LogP contribution in [0.5, 0.6) is 0 Å². The number of nitrogens with two attached hydrogens (primary N) is 1. The van der Waals surface area contributed by atoms with Crippen LogP contribution >= 0.6 is 0 Å². The molecule has 0 spiro atoms. The molecule has 5 nitrogen and oxygen atoms in total. The van der Waals surface area contributed by atoms with E-state index in [-0.39, 0.29) is 11.9 Å². The molecule has 3 rings (SSSR count). The first-order valence-electron chi connectivity index (χ1n) is 7.45. The second-order valence-electron chi connectivity index (χ2n) is 5.36. The predicted octanol–water partition coefficient (Wildman–Crippen LogP) is 2.68. The van der Waals surface area contributed by atoms with E-state index >= 15 is 0 Å². The Morgan fingerprint density at radius 3 is 2.57 bits per heavy atom. The molecule has 3 aromatic rings. The zero-order valence-electron chi connectivity index (χ0n) is 13.1. The molecule has 0 radical (unpaired) electrons. The van der Waals surface area contributed by atoms with Gasteiger partial charge in [-0.05, 0) is 24.6 Å². The maximum Gasteiger partial charge on any atom is 0.252 e. The minimum Gasteiger partial charge on any atom is -0.355 e. The summed E-state index contributed by atoms with van der Waals surface area (Å²) in [6.07, 6.45) is 1.66. The summed E-state index contributed by atoms with van der Waals surface area (Å²) < 4.78 is 0. The van der Waals surface area contributed by atoms with Crippen molar-refractivity contribution in [2.24, 2.45) is 5.73 Å². The van der Waals surface area contributed by atoms with Crippen LogP contribution in [0.3, 0.4) is 0 Å². The Hall–Kier alpha value is -2.79. The standard InChI is InChI=1S/C18H18N4O/c1-11(19)16-14(12-7-4-3-5-8-12)15(18(23)20-2)13-9-6-10-21-17(13)22-16/h3-11H,19H2,1-2H3,(H,20,23). The highest BCUT2D eigenvalue weighted by molar-refractivity contribution is 6.11. The van der Waals surface area contributed by atoms with Crippen molar-refractivity contribution in [1.29, 1.82) is 0 Å². The lowest BCUT2D eigenvalue weighted by Crippen LogP contribution is -2.22. The van der Waals surface area contributed by atoms with E-state index in [0.29, 0.717) is 16.9 Å². The Bertz CT molecular complexity index is 860. The van der Waals surface area contributed by atoms with Gasteiger partial charge in [-0.15, -0.1) is 0 Å². The molecule has 0 aliphatic carbocycles. The normalized spacial score (nSPS) is 12.1. The number of nitrogens with one attached hydrogen (secondary N) is 1. The number of hydrogen-bond acceptors (Lipinski definition) is 4. The lowest BCUT2D eigenvalue weighted by molar-refractivity contribution is 0.0965. The molecular formula is C18H18N4O. The molecule has 0 aliphatic rings.